The first-order chi connectivity index (χ1) is 16.8. The van der Waals surface area contributed by atoms with Gasteiger partial charge >= 0.3 is 0 Å². The van der Waals surface area contributed by atoms with Crippen LogP contribution in [0.4, 0.5) is 5.13 Å². The van der Waals surface area contributed by atoms with Crippen LogP contribution in [0.5, 0.6) is 5.75 Å². The Kier molecular flexibility index (Phi) is 5.88. The van der Waals surface area contributed by atoms with Crippen molar-refractivity contribution >= 4 is 26.7 Å². The van der Waals surface area contributed by atoms with Gasteiger partial charge in [-0.3, -0.25) is 4.90 Å². The third kappa shape index (κ3) is 4.14. The highest BCUT2D eigenvalue weighted by atomic mass is 32.1. The molecule has 3 heterocycles. The lowest BCUT2D eigenvalue weighted by Crippen LogP contribution is -2.48. The first-order valence-electron chi connectivity index (χ1n) is 12.2. The molecule has 2 aromatic carbocycles. The van der Waals surface area contributed by atoms with Gasteiger partial charge in [0.25, 0.3) is 0 Å². The molecule has 1 N–H and O–H groups in total. The number of phenols is 1. The number of piperazine rings is 1. The number of para-hydroxylation sites is 1. The Morgan fingerprint density at radius 1 is 0.912 bits per heavy atom. The molecule has 2 aromatic heterocycles. The number of hydrogen-bond acceptors (Lipinski definition) is 8. The van der Waals surface area contributed by atoms with Crippen LogP contribution in [0.1, 0.15) is 55.6 Å². The lowest BCUT2D eigenvalue weighted by atomic mass is 9.95. The Morgan fingerprint density at radius 3 is 2.44 bits per heavy atom. The van der Waals surface area contributed by atoms with E-state index in [1.165, 1.54) is 24.0 Å². The standard InChI is InChI=1S/C25H29N7OS/c33-20-12-10-18(11-13-20)23(24-27-28-29-32(24)19-6-2-1-3-7-19)30-14-16-31(17-15-30)25-26-21-8-4-5-9-22(21)34-25/h4-5,8-13,19,23,33H,1-3,6-7,14-17H2/t23-/m0/s1. The summed E-state index contributed by atoms with van der Waals surface area (Å²) in [6, 6.07) is 16.2. The number of benzene rings is 2. The molecule has 0 bridgehead atoms. The second-order valence-electron chi connectivity index (χ2n) is 9.25. The number of phenolic OH excluding ortho intramolecular Hbond substituents is 1. The minimum atomic E-state index is -0.0463. The number of nitrogens with zero attached hydrogens (tertiary/aromatic N) is 7. The number of fused-ring (bicyclic) bond motifs is 1. The van der Waals surface area contributed by atoms with Crippen molar-refractivity contribution in [1.29, 1.82) is 0 Å². The maximum Gasteiger partial charge on any atom is 0.186 e. The minimum Gasteiger partial charge on any atom is -0.508 e. The molecule has 0 spiro atoms. The minimum absolute atomic E-state index is 0.0463. The van der Waals surface area contributed by atoms with Crippen molar-refractivity contribution in [3.8, 4) is 5.75 Å². The topological polar surface area (TPSA) is 83.2 Å². The Morgan fingerprint density at radius 2 is 1.68 bits per heavy atom. The van der Waals surface area contributed by atoms with E-state index in [0.29, 0.717) is 6.04 Å². The molecule has 2 aliphatic rings. The summed E-state index contributed by atoms with van der Waals surface area (Å²) in [6.45, 7) is 3.58. The van der Waals surface area contributed by atoms with Gasteiger partial charge in [-0.1, -0.05) is 54.9 Å². The van der Waals surface area contributed by atoms with Gasteiger partial charge in [0.2, 0.25) is 0 Å². The number of rotatable bonds is 5. The summed E-state index contributed by atoms with van der Waals surface area (Å²) in [7, 11) is 0. The van der Waals surface area contributed by atoms with E-state index >= 15 is 0 Å². The monoisotopic (exact) mass is 475 g/mol. The largest absolute Gasteiger partial charge is 0.508 e. The molecule has 0 unspecified atom stereocenters. The summed E-state index contributed by atoms with van der Waals surface area (Å²) in [4.78, 5) is 9.72. The predicted molar refractivity (Wildman–Crippen MR) is 133 cm³/mol. The van der Waals surface area contributed by atoms with Crippen LogP contribution < -0.4 is 4.90 Å². The number of hydrogen-bond donors (Lipinski definition) is 1. The maximum absolute atomic E-state index is 9.89. The Bertz CT molecular complexity index is 1210. The summed E-state index contributed by atoms with van der Waals surface area (Å²) < 4.78 is 3.31. The zero-order valence-corrected chi connectivity index (χ0v) is 19.9. The fraction of sp³-hybridized carbons (Fsp3) is 0.440. The summed E-state index contributed by atoms with van der Waals surface area (Å²) in [5, 5.41) is 24.1. The van der Waals surface area contributed by atoms with Crippen molar-refractivity contribution in [3.63, 3.8) is 0 Å². The molecule has 1 saturated carbocycles. The van der Waals surface area contributed by atoms with Crippen molar-refractivity contribution in [2.45, 2.75) is 44.2 Å². The quantitative estimate of drug-likeness (QED) is 0.458. The van der Waals surface area contributed by atoms with Crippen LogP contribution >= 0.6 is 11.3 Å². The summed E-state index contributed by atoms with van der Waals surface area (Å²) in [5.41, 5.74) is 2.18. The summed E-state index contributed by atoms with van der Waals surface area (Å²) in [5.74, 6) is 1.18. The maximum atomic E-state index is 9.89. The van der Waals surface area contributed by atoms with Gasteiger partial charge in [-0.15, -0.1) is 5.10 Å². The first kappa shape index (κ1) is 21.5. The average Bonchev–Trinajstić information content (AvgIpc) is 3.54. The molecule has 0 amide bonds. The molecule has 1 saturated heterocycles. The number of tetrazole rings is 1. The predicted octanol–water partition coefficient (Wildman–Crippen LogP) is 4.41. The van der Waals surface area contributed by atoms with Gasteiger partial charge in [-0.05, 0) is 53.1 Å². The highest BCUT2D eigenvalue weighted by Crippen LogP contribution is 2.35. The lowest BCUT2D eigenvalue weighted by molar-refractivity contribution is 0.193. The number of aromatic nitrogens is 5. The summed E-state index contributed by atoms with van der Waals surface area (Å²) in [6.07, 6.45) is 6.02. The van der Waals surface area contributed by atoms with Gasteiger partial charge < -0.3 is 10.0 Å². The van der Waals surface area contributed by atoms with Gasteiger partial charge in [-0.2, -0.15) is 0 Å². The second-order valence-corrected chi connectivity index (χ2v) is 10.3. The number of anilines is 1. The van der Waals surface area contributed by atoms with Crippen molar-refractivity contribution in [2.75, 3.05) is 31.1 Å². The molecule has 176 valence electrons. The van der Waals surface area contributed by atoms with Crippen LogP contribution in [0.15, 0.2) is 48.5 Å². The smallest absolute Gasteiger partial charge is 0.186 e. The van der Waals surface area contributed by atoms with Gasteiger partial charge in [0.15, 0.2) is 11.0 Å². The fourth-order valence-corrected chi connectivity index (χ4v) is 6.33. The van der Waals surface area contributed by atoms with E-state index < -0.39 is 0 Å². The molecule has 6 rings (SSSR count). The first-order valence-corrected chi connectivity index (χ1v) is 13.0. The fourth-order valence-electron chi connectivity index (χ4n) is 5.31. The zero-order chi connectivity index (χ0) is 22.9. The van der Waals surface area contributed by atoms with E-state index in [2.05, 4.69) is 48.2 Å². The second kappa shape index (κ2) is 9.31. The van der Waals surface area contributed by atoms with E-state index in [9.17, 15) is 5.11 Å². The van der Waals surface area contributed by atoms with Crippen molar-refractivity contribution in [1.82, 2.24) is 30.1 Å². The SMILES string of the molecule is Oc1ccc([C@@H](c2nnnn2C2CCCCC2)N2CCN(c3nc4ccccc4s3)CC2)cc1. The molecule has 34 heavy (non-hydrogen) atoms. The van der Waals surface area contributed by atoms with Gasteiger partial charge in [0, 0.05) is 26.2 Å². The van der Waals surface area contributed by atoms with Crippen molar-refractivity contribution in [3.05, 3.63) is 59.9 Å². The van der Waals surface area contributed by atoms with E-state index in [-0.39, 0.29) is 11.8 Å². The van der Waals surface area contributed by atoms with Gasteiger partial charge in [0.05, 0.1) is 22.3 Å². The molecule has 0 radical (unpaired) electrons. The Hall–Kier alpha value is -3.04. The zero-order valence-electron chi connectivity index (χ0n) is 19.1. The van der Waals surface area contributed by atoms with E-state index in [1.54, 1.807) is 23.5 Å². The molecule has 1 atom stereocenters. The van der Waals surface area contributed by atoms with Crippen LogP contribution in [-0.4, -0.2) is 61.4 Å². The highest BCUT2D eigenvalue weighted by molar-refractivity contribution is 7.22. The van der Waals surface area contributed by atoms with Crippen molar-refractivity contribution < 1.29 is 5.11 Å². The molecule has 8 nitrogen and oxygen atoms in total. The van der Waals surface area contributed by atoms with Gasteiger partial charge in [0.1, 0.15) is 5.75 Å². The molecule has 9 heteroatoms. The molecule has 2 fully saturated rings. The highest BCUT2D eigenvalue weighted by Gasteiger charge is 2.33. The average molecular weight is 476 g/mol. The van der Waals surface area contributed by atoms with Crippen LogP contribution in [-0.2, 0) is 0 Å². The van der Waals surface area contributed by atoms with Crippen molar-refractivity contribution in [2.24, 2.45) is 0 Å². The molecule has 1 aliphatic carbocycles. The number of aromatic hydroxyl groups is 1. The van der Waals surface area contributed by atoms with Gasteiger partial charge in [-0.25, -0.2) is 9.67 Å². The Labute approximate surface area is 202 Å². The van der Waals surface area contributed by atoms with Crippen LogP contribution in [0.25, 0.3) is 10.2 Å². The third-order valence-corrected chi connectivity index (χ3v) is 8.22. The lowest BCUT2D eigenvalue weighted by Gasteiger charge is -2.39. The van der Waals surface area contributed by atoms with E-state index in [1.807, 2.05) is 18.2 Å². The van der Waals surface area contributed by atoms with Crippen LogP contribution in [0.3, 0.4) is 0 Å². The Balaban J connectivity index is 1.27. The molecular weight excluding hydrogens is 446 g/mol. The molecule has 4 aromatic rings. The van der Waals surface area contributed by atoms with E-state index in [4.69, 9.17) is 4.98 Å². The van der Waals surface area contributed by atoms with Crippen LogP contribution in [0.2, 0.25) is 0 Å². The normalized spacial score (nSPS) is 19.0. The van der Waals surface area contributed by atoms with E-state index in [0.717, 1.165) is 61.1 Å². The summed E-state index contributed by atoms with van der Waals surface area (Å²) >= 11 is 1.76. The number of thiazole rings is 1. The molecular formula is C25H29N7OS. The van der Waals surface area contributed by atoms with Crippen LogP contribution in [0, 0.1) is 0 Å². The third-order valence-electron chi connectivity index (χ3n) is 7.12. The molecule has 1 aliphatic heterocycles.